The summed E-state index contributed by atoms with van der Waals surface area (Å²) < 4.78 is 11.8. The van der Waals surface area contributed by atoms with Gasteiger partial charge in [-0.05, 0) is 6.07 Å². The zero-order valence-electron chi connectivity index (χ0n) is 25.4. The maximum absolute atomic E-state index is 14.1. The van der Waals surface area contributed by atoms with E-state index < -0.39 is 21.8 Å². The number of nitrogens with one attached hydrogen (secondary N) is 2. The number of benzene rings is 3. The Hall–Kier alpha value is -4.34. The first kappa shape index (κ1) is 30.7. The van der Waals surface area contributed by atoms with Gasteiger partial charge in [0.15, 0.2) is 0 Å². The van der Waals surface area contributed by atoms with Crippen molar-refractivity contribution < 1.29 is 23.9 Å². The van der Waals surface area contributed by atoms with Crippen molar-refractivity contribution in [3.8, 4) is 11.5 Å². The minimum atomic E-state index is -1.01. The molecule has 3 amide bonds. The molecule has 1 aromatic heterocycles. The number of hydrogen-bond acceptors (Lipinski definition) is 7. The molecule has 3 fully saturated rings. The van der Waals surface area contributed by atoms with Crippen LogP contribution in [0.5, 0.6) is 11.5 Å². The first-order chi connectivity index (χ1) is 21.9. The normalized spacial score (nSPS) is 17.8. The van der Waals surface area contributed by atoms with Gasteiger partial charge in [-0.25, -0.2) is 0 Å². The van der Waals surface area contributed by atoms with Gasteiger partial charge in [0.1, 0.15) is 5.75 Å². The average molecular weight is 673 g/mol. The number of hydrogen-bond donors (Lipinski definition) is 2. The molecule has 4 heterocycles. The monoisotopic (exact) mass is 672 g/mol. The maximum atomic E-state index is 14.1. The number of carbonyl (C=O) groups excluding carboxylic acids is 3. The van der Waals surface area contributed by atoms with E-state index in [0.29, 0.717) is 34.1 Å². The fraction of sp³-hybridized carbons (Fsp3) is 0.333. The third kappa shape index (κ3) is 7.00. The van der Waals surface area contributed by atoms with Crippen LogP contribution in [0.25, 0.3) is 10.9 Å². The third-order valence-corrected chi connectivity index (χ3v) is 10.6. The van der Waals surface area contributed by atoms with Gasteiger partial charge < -0.3 is 4.74 Å². The molecule has 12 heteroatoms. The summed E-state index contributed by atoms with van der Waals surface area (Å²) in [4.78, 5) is 44.8. The number of amides is 3. The number of aromatic nitrogens is 2. The first-order valence-electron chi connectivity index (χ1n) is 15.1. The van der Waals surface area contributed by atoms with Crippen molar-refractivity contribution >= 4 is 49.0 Å². The number of piperidine rings is 1. The molecule has 1 unspecified atom stereocenters. The molecule has 11 nitrogen and oxygen atoms in total. The number of anilines is 1. The van der Waals surface area contributed by atoms with Crippen LogP contribution in [0.1, 0.15) is 34.5 Å². The van der Waals surface area contributed by atoms with Crippen LogP contribution in [0.2, 0.25) is 0 Å². The van der Waals surface area contributed by atoms with Crippen LogP contribution in [0, 0.1) is 0 Å². The molecule has 3 saturated heterocycles. The van der Waals surface area contributed by atoms with Gasteiger partial charge in [0, 0.05) is 0 Å². The Kier molecular flexibility index (Phi) is 9.37. The number of methoxy groups -OCH3 is 2. The molecule has 0 radical (unpaired) electrons. The van der Waals surface area contributed by atoms with Crippen LogP contribution in [-0.2, 0) is 11.8 Å². The van der Waals surface area contributed by atoms with Gasteiger partial charge in [-0.3, -0.25) is 0 Å². The van der Waals surface area contributed by atoms with Gasteiger partial charge in [-0.15, -0.1) is 0 Å². The Bertz CT molecular complexity index is 1720. The predicted octanol–water partition coefficient (Wildman–Crippen LogP) is 3.90. The summed E-state index contributed by atoms with van der Waals surface area (Å²) in [5.74, 6) is 1.27. The number of carbonyl (C=O) groups is 3. The zero-order valence-corrected chi connectivity index (χ0v) is 27.5. The first-order valence-corrected chi connectivity index (χ1v) is 17.6. The molecular formula is C33H37AsN6O5. The van der Waals surface area contributed by atoms with Crippen molar-refractivity contribution in [1.29, 1.82) is 0 Å². The van der Waals surface area contributed by atoms with E-state index >= 15 is 0 Å². The molecule has 2 N–H and O–H groups in total. The fourth-order valence-electron chi connectivity index (χ4n) is 5.97. The van der Waals surface area contributed by atoms with Gasteiger partial charge >= 0.3 is 239 Å². The molecule has 234 valence electrons. The molecule has 0 aliphatic carbocycles. The van der Waals surface area contributed by atoms with Crippen molar-refractivity contribution in [1.82, 2.24) is 24.9 Å². The summed E-state index contributed by atoms with van der Waals surface area (Å²) in [6.07, 6.45) is 1.84. The van der Waals surface area contributed by atoms with E-state index in [0.717, 1.165) is 49.4 Å². The van der Waals surface area contributed by atoms with Crippen LogP contribution >= 0.6 is 0 Å². The van der Waals surface area contributed by atoms with E-state index in [1.807, 2.05) is 53.4 Å². The van der Waals surface area contributed by atoms with E-state index in [4.69, 9.17) is 9.47 Å². The summed E-state index contributed by atoms with van der Waals surface area (Å²) in [6.45, 7) is 3.65. The van der Waals surface area contributed by atoms with Crippen LogP contribution in [-0.4, -0.2) is 98.4 Å². The Morgan fingerprint density at radius 2 is 1.60 bits per heavy atom. The van der Waals surface area contributed by atoms with E-state index in [1.54, 1.807) is 32.4 Å². The molecule has 7 rings (SSSR count). The second kappa shape index (κ2) is 13.7. The van der Waals surface area contributed by atoms with Crippen molar-refractivity contribution in [2.24, 2.45) is 0 Å². The summed E-state index contributed by atoms with van der Waals surface area (Å²) in [6, 6.07) is 20.1. The average Bonchev–Trinajstić information content (AvgIpc) is 3.19. The van der Waals surface area contributed by atoms with Crippen molar-refractivity contribution in [3.05, 3.63) is 83.6 Å². The summed E-state index contributed by atoms with van der Waals surface area (Å²) >= 11 is -1.01. The van der Waals surface area contributed by atoms with E-state index in [2.05, 4.69) is 20.6 Å². The minimum absolute atomic E-state index is 0.0352. The number of ether oxygens (including phenoxy) is 2. The molecule has 3 aromatic carbocycles. The standard InChI is InChI=1S/C33H37AsN6O5/c1-44-26-7-3-5-22(17-26)20-34-32(42)36-24-9-10-29-28(19-24)30(31(41)39-16-15-38-13-11-25(39)12-14-38)37-40(29)33(43)35-21-23-6-4-8-27(18-23)45-2/h3-10,17-19,25,34H,11-16,20-21H2,1-2H3,(H,35,43)(H,36,42). The van der Waals surface area contributed by atoms with Gasteiger partial charge in [0.05, 0.1) is 7.11 Å². The van der Waals surface area contributed by atoms with Crippen LogP contribution in [0.15, 0.2) is 66.7 Å². The quantitative estimate of drug-likeness (QED) is 0.259. The molecule has 3 aliphatic heterocycles. The van der Waals surface area contributed by atoms with Crippen molar-refractivity contribution in [2.45, 2.75) is 30.6 Å². The molecule has 0 spiro atoms. The predicted molar refractivity (Wildman–Crippen MR) is 174 cm³/mol. The van der Waals surface area contributed by atoms with Gasteiger partial charge in [0.25, 0.3) is 0 Å². The Morgan fingerprint density at radius 1 is 0.889 bits per heavy atom. The van der Waals surface area contributed by atoms with Crippen LogP contribution in [0.4, 0.5) is 15.3 Å². The molecule has 0 saturated carbocycles. The second-order valence-electron chi connectivity index (χ2n) is 11.2. The van der Waals surface area contributed by atoms with Gasteiger partial charge in [-0.1, -0.05) is 6.07 Å². The Labute approximate surface area is 268 Å². The third-order valence-electron chi connectivity index (χ3n) is 8.41. The topological polar surface area (TPSA) is 118 Å². The Balaban J connectivity index is 1.25. The van der Waals surface area contributed by atoms with Crippen LogP contribution in [0.3, 0.4) is 0 Å². The SMILES string of the molecule is COc1cccc(CNC(=O)n2nc(C(=O)N3CCN4CCC3CC4)c3cc(NC(=O)[AsH]Cc4cccc(OC)c4)ccc32)c1. The Morgan fingerprint density at radius 3 is 2.33 bits per heavy atom. The van der Waals surface area contributed by atoms with Crippen molar-refractivity contribution in [2.75, 3.05) is 45.7 Å². The summed E-state index contributed by atoms with van der Waals surface area (Å²) in [7, 11) is 3.22. The van der Waals surface area contributed by atoms with E-state index in [-0.39, 0.29) is 28.9 Å². The van der Waals surface area contributed by atoms with Crippen LogP contribution < -0.4 is 20.1 Å². The van der Waals surface area contributed by atoms with E-state index in [1.165, 1.54) is 4.68 Å². The van der Waals surface area contributed by atoms with Crippen molar-refractivity contribution in [3.63, 3.8) is 0 Å². The zero-order chi connectivity index (χ0) is 31.3. The molecule has 4 aromatic rings. The fourth-order valence-corrected chi connectivity index (χ4v) is 7.69. The second-order valence-corrected chi connectivity index (χ2v) is 13.7. The number of nitrogens with zero attached hydrogens (tertiary/aromatic N) is 4. The summed E-state index contributed by atoms with van der Waals surface area (Å²) in [5.41, 5.74) is 3.20. The number of fused-ring (bicyclic) bond motifs is 5. The van der Waals surface area contributed by atoms with Gasteiger partial charge in [-0.2, -0.15) is 0 Å². The molecule has 45 heavy (non-hydrogen) atoms. The molecule has 2 bridgehead atoms. The van der Waals surface area contributed by atoms with Gasteiger partial charge in [0.2, 0.25) is 0 Å². The summed E-state index contributed by atoms with van der Waals surface area (Å²) in [5, 5.41) is 11.7. The molecule has 3 aliphatic rings. The molecular weight excluding hydrogens is 635 g/mol. The van der Waals surface area contributed by atoms with E-state index in [9.17, 15) is 14.4 Å². The molecule has 1 atom stereocenters. The number of rotatable bonds is 9.